The molecule has 2 aromatic carbocycles. The van der Waals surface area contributed by atoms with Crippen molar-refractivity contribution in [3.63, 3.8) is 0 Å². The van der Waals surface area contributed by atoms with Gasteiger partial charge in [0.2, 0.25) is 0 Å². The van der Waals surface area contributed by atoms with Gasteiger partial charge in [-0.3, -0.25) is 19.5 Å². The Labute approximate surface area is 222 Å². The van der Waals surface area contributed by atoms with Gasteiger partial charge in [-0.25, -0.2) is 4.98 Å². The van der Waals surface area contributed by atoms with Gasteiger partial charge in [0.05, 0.1) is 23.3 Å². The first-order chi connectivity index (χ1) is 17.9. The Morgan fingerprint density at radius 2 is 1.78 bits per heavy atom. The van der Waals surface area contributed by atoms with Crippen LogP contribution in [0.3, 0.4) is 0 Å². The van der Waals surface area contributed by atoms with E-state index in [-0.39, 0.29) is 11.9 Å². The smallest absolute Gasteiger partial charge is 0.253 e. The highest BCUT2D eigenvalue weighted by molar-refractivity contribution is 6.30. The van der Waals surface area contributed by atoms with E-state index in [0.29, 0.717) is 23.7 Å². The lowest BCUT2D eigenvalue weighted by molar-refractivity contribution is 0.0668. The van der Waals surface area contributed by atoms with Crippen LogP contribution in [0.25, 0.3) is 28.2 Å². The lowest BCUT2D eigenvalue weighted by atomic mass is 10.0. The van der Waals surface area contributed by atoms with Gasteiger partial charge in [-0.1, -0.05) is 49.2 Å². The van der Waals surface area contributed by atoms with E-state index in [0.717, 1.165) is 59.5 Å². The maximum Gasteiger partial charge on any atom is 0.253 e. The van der Waals surface area contributed by atoms with Crippen LogP contribution >= 0.6 is 11.6 Å². The largest absolute Gasteiger partial charge is 0.379 e. The molecule has 0 bridgehead atoms. The Bertz CT molecular complexity index is 1370. The van der Waals surface area contributed by atoms with Crippen molar-refractivity contribution in [2.75, 3.05) is 13.1 Å². The van der Waals surface area contributed by atoms with E-state index < -0.39 is 6.23 Å². The second-order valence-electron chi connectivity index (χ2n) is 9.65. The van der Waals surface area contributed by atoms with Gasteiger partial charge in [-0.05, 0) is 50.5 Å². The van der Waals surface area contributed by atoms with Gasteiger partial charge >= 0.3 is 0 Å². The summed E-state index contributed by atoms with van der Waals surface area (Å²) in [7, 11) is 0. The molecule has 37 heavy (non-hydrogen) atoms. The molecule has 192 valence electrons. The van der Waals surface area contributed by atoms with Crippen molar-refractivity contribution in [1.29, 1.82) is 0 Å². The molecule has 1 atom stereocenters. The van der Waals surface area contributed by atoms with Crippen LogP contribution in [-0.2, 0) is 6.42 Å². The minimum absolute atomic E-state index is 0.0364. The van der Waals surface area contributed by atoms with Crippen LogP contribution in [0.4, 0.5) is 0 Å². The Morgan fingerprint density at radius 3 is 2.43 bits per heavy atom. The molecule has 0 aliphatic carbocycles. The molecule has 7 nitrogen and oxygen atoms in total. The number of piperidine rings is 1. The van der Waals surface area contributed by atoms with Gasteiger partial charge < -0.3 is 10.0 Å². The van der Waals surface area contributed by atoms with Gasteiger partial charge in [-0.2, -0.15) is 0 Å². The van der Waals surface area contributed by atoms with Crippen molar-refractivity contribution < 1.29 is 9.90 Å². The Kier molecular flexibility index (Phi) is 7.55. The van der Waals surface area contributed by atoms with E-state index >= 15 is 0 Å². The molecule has 8 heteroatoms. The fourth-order valence-corrected chi connectivity index (χ4v) is 5.16. The minimum Gasteiger partial charge on any atom is -0.379 e. The van der Waals surface area contributed by atoms with Gasteiger partial charge in [0.15, 0.2) is 5.65 Å². The zero-order valence-electron chi connectivity index (χ0n) is 21.2. The first-order valence-electron chi connectivity index (χ1n) is 12.9. The Balaban J connectivity index is 1.39. The summed E-state index contributed by atoms with van der Waals surface area (Å²) in [5.41, 5.74) is 6.37. The van der Waals surface area contributed by atoms with Gasteiger partial charge in [0.1, 0.15) is 6.23 Å². The standard InChI is InChI=1S/C29H32ClN5O2/c1-3-4-25-28(21-9-11-23(30)12-10-21)35-18-26(31-17-27(35)33-25)20-5-7-22(8-6-20)29(37)34-15-13-24(14-16-34)32-19(2)36/h5-12,17-19,24,32,36H,3-4,13-16H2,1-2H3. The summed E-state index contributed by atoms with van der Waals surface area (Å²) in [6, 6.07) is 15.7. The molecule has 1 fully saturated rings. The monoisotopic (exact) mass is 517 g/mol. The first kappa shape index (κ1) is 25.4. The summed E-state index contributed by atoms with van der Waals surface area (Å²) in [5, 5.41) is 13.4. The van der Waals surface area contributed by atoms with Crippen LogP contribution in [0, 0.1) is 0 Å². The highest BCUT2D eigenvalue weighted by Crippen LogP contribution is 2.29. The number of benzene rings is 2. The number of amides is 1. The van der Waals surface area contributed by atoms with Crippen molar-refractivity contribution in [2.24, 2.45) is 0 Å². The molecule has 1 saturated heterocycles. The van der Waals surface area contributed by atoms with E-state index in [1.807, 2.05) is 59.6 Å². The summed E-state index contributed by atoms with van der Waals surface area (Å²) in [4.78, 5) is 24.5. The van der Waals surface area contributed by atoms with Crippen molar-refractivity contribution in [1.82, 2.24) is 24.6 Å². The van der Waals surface area contributed by atoms with Crippen molar-refractivity contribution >= 4 is 23.2 Å². The highest BCUT2D eigenvalue weighted by Gasteiger charge is 2.24. The molecule has 1 amide bonds. The molecule has 0 spiro atoms. The molecule has 5 rings (SSSR count). The van der Waals surface area contributed by atoms with Gasteiger partial charge in [-0.15, -0.1) is 0 Å². The summed E-state index contributed by atoms with van der Waals surface area (Å²) >= 11 is 6.14. The zero-order chi connectivity index (χ0) is 25.9. The Morgan fingerprint density at radius 1 is 1.11 bits per heavy atom. The number of halogens is 1. The number of likely N-dealkylation sites (tertiary alicyclic amines) is 1. The SMILES string of the molecule is CCCc1nc2cnc(-c3ccc(C(=O)N4CCC(NC(C)O)CC4)cc3)cn2c1-c1ccc(Cl)cc1. The second-order valence-corrected chi connectivity index (χ2v) is 10.1. The lowest BCUT2D eigenvalue weighted by Crippen LogP contribution is -2.47. The quantitative estimate of drug-likeness (QED) is 0.329. The number of hydrogen-bond donors (Lipinski definition) is 2. The number of imidazole rings is 1. The molecule has 1 aliphatic rings. The third kappa shape index (κ3) is 5.54. The number of nitrogens with one attached hydrogen (secondary N) is 1. The summed E-state index contributed by atoms with van der Waals surface area (Å²) in [6.45, 7) is 5.23. The zero-order valence-corrected chi connectivity index (χ0v) is 21.9. The minimum atomic E-state index is -0.532. The first-order valence-corrected chi connectivity index (χ1v) is 13.3. The molecule has 2 aromatic heterocycles. The van der Waals surface area contributed by atoms with E-state index in [9.17, 15) is 9.90 Å². The second kappa shape index (κ2) is 11.0. The number of carbonyl (C=O) groups excluding carboxylic acids is 1. The molecule has 1 aliphatic heterocycles. The number of rotatable bonds is 7. The number of aliphatic hydroxyl groups is 1. The molecule has 0 radical (unpaired) electrons. The number of nitrogens with zero attached hydrogens (tertiary/aromatic N) is 4. The average Bonchev–Trinajstić information content (AvgIpc) is 3.26. The van der Waals surface area contributed by atoms with E-state index in [1.54, 1.807) is 13.1 Å². The highest BCUT2D eigenvalue weighted by atomic mass is 35.5. The number of aryl methyl sites for hydroxylation is 1. The molecule has 4 aromatic rings. The molecule has 1 unspecified atom stereocenters. The molecular formula is C29H32ClN5O2. The maximum absolute atomic E-state index is 13.1. The normalized spacial score (nSPS) is 15.3. The van der Waals surface area contributed by atoms with E-state index in [1.165, 1.54) is 0 Å². The number of aromatic nitrogens is 3. The topological polar surface area (TPSA) is 82.8 Å². The van der Waals surface area contributed by atoms with Crippen LogP contribution in [-0.4, -0.2) is 55.6 Å². The van der Waals surface area contributed by atoms with Gasteiger partial charge in [0, 0.05) is 47.0 Å². The third-order valence-electron chi connectivity index (χ3n) is 6.87. The fraction of sp³-hybridized carbons (Fsp3) is 0.345. The third-order valence-corrected chi connectivity index (χ3v) is 7.12. The molecule has 0 saturated carbocycles. The summed E-state index contributed by atoms with van der Waals surface area (Å²) in [5.74, 6) is 0.0364. The van der Waals surface area contributed by atoms with Gasteiger partial charge in [0.25, 0.3) is 5.91 Å². The van der Waals surface area contributed by atoms with Crippen LogP contribution in [0.2, 0.25) is 5.02 Å². The van der Waals surface area contributed by atoms with Crippen LogP contribution < -0.4 is 5.32 Å². The predicted molar refractivity (Wildman–Crippen MR) is 147 cm³/mol. The predicted octanol–water partition coefficient (Wildman–Crippen LogP) is 5.20. The summed E-state index contributed by atoms with van der Waals surface area (Å²) in [6.07, 6.45) is 6.82. The molecule has 2 N–H and O–H groups in total. The van der Waals surface area contributed by atoms with Crippen molar-refractivity contribution in [3.8, 4) is 22.5 Å². The number of aliphatic hydroxyl groups excluding tert-OH is 1. The lowest BCUT2D eigenvalue weighted by Gasteiger charge is -2.33. The van der Waals surface area contributed by atoms with Crippen LogP contribution in [0.1, 0.15) is 49.2 Å². The van der Waals surface area contributed by atoms with E-state index in [2.05, 4.69) is 21.6 Å². The summed E-state index contributed by atoms with van der Waals surface area (Å²) < 4.78 is 2.10. The number of fused-ring (bicyclic) bond motifs is 1. The number of hydrogen-bond acceptors (Lipinski definition) is 5. The maximum atomic E-state index is 13.1. The fourth-order valence-electron chi connectivity index (χ4n) is 5.03. The number of carbonyl (C=O) groups is 1. The van der Waals surface area contributed by atoms with Crippen molar-refractivity contribution in [2.45, 2.75) is 51.8 Å². The van der Waals surface area contributed by atoms with E-state index in [4.69, 9.17) is 16.6 Å². The molecular weight excluding hydrogens is 486 g/mol. The Hall–Kier alpha value is -3.26. The average molecular weight is 518 g/mol. The van der Waals surface area contributed by atoms with Crippen LogP contribution in [0.15, 0.2) is 60.9 Å². The van der Waals surface area contributed by atoms with Crippen LogP contribution in [0.5, 0.6) is 0 Å². The van der Waals surface area contributed by atoms with Crippen molar-refractivity contribution in [3.05, 3.63) is 77.2 Å². The molecule has 3 heterocycles.